The number of rotatable bonds is 0. The van der Waals surface area contributed by atoms with E-state index in [9.17, 15) is 0 Å². The minimum Gasteiger partial charge on any atom is -0.192 e. The first-order valence-corrected chi connectivity index (χ1v) is 5.79. The van der Waals surface area contributed by atoms with Gasteiger partial charge in [0, 0.05) is 12.8 Å². The second kappa shape index (κ2) is 3.61. The van der Waals surface area contributed by atoms with Gasteiger partial charge in [0.15, 0.2) is 0 Å². The monoisotopic (exact) mass is 196 g/mol. The molecule has 2 rings (SSSR count). The van der Waals surface area contributed by atoms with E-state index in [-0.39, 0.29) is 9.03 Å². The van der Waals surface area contributed by atoms with Crippen LogP contribution in [0.3, 0.4) is 0 Å². The van der Waals surface area contributed by atoms with Gasteiger partial charge in [-0.05, 0) is 12.3 Å². The van der Waals surface area contributed by atoms with Gasteiger partial charge in [0.25, 0.3) is 0 Å². The number of hydrogen-bond donors (Lipinski definition) is 0. The average Bonchev–Trinajstić information content (AvgIpc) is 2.07. The van der Waals surface area contributed by atoms with Crippen molar-refractivity contribution in [2.45, 2.75) is 18.6 Å². The molecule has 6 heteroatoms. The average molecular weight is 196 g/mol. The summed E-state index contributed by atoms with van der Waals surface area (Å²) >= 11 is 0. The first kappa shape index (κ1) is 8.31. The van der Waals surface area contributed by atoms with Crippen molar-refractivity contribution < 1.29 is 19.1 Å². The van der Waals surface area contributed by atoms with Gasteiger partial charge in [0.05, 0.1) is 0 Å². The van der Waals surface area contributed by atoms with Crippen LogP contribution in [-0.2, 0) is 19.1 Å². The van der Waals surface area contributed by atoms with Crippen molar-refractivity contribution in [3.05, 3.63) is 0 Å². The lowest BCUT2D eigenvalue weighted by molar-refractivity contribution is -0.490. The third kappa shape index (κ3) is 1.89. The molecule has 0 aromatic rings. The Balaban J connectivity index is 1.94. The molecule has 0 N–H and O–H groups in total. The third-order valence-corrected chi connectivity index (χ3v) is 3.33. The van der Waals surface area contributed by atoms with Gasteiger partial charge in [0.1, 0.15) is 0 Å². The summed E-state index contributed by atoms with van der Waals surface area (Å²) in [6, 6.07) is 0. The summed E-state index contributed by atoms with van der Waals surface area (Å²) in [6.45, 7) is 0. The Morgan fingerprint density at radius 3 is 2.27 bits per heavy atom. The van der Waals surface area contributed by atoms with E-state index in [1.807, 2.05) is 0 Å². The van der Waals surface area contributed by atoms with Crippen molar-refractivity contribution in [1.82, 2.24) is 0 Å². The maximum absolute atomic E-state index is 5.08. The van der Waals surface area contributed by atoms with E-state index in [1.54, 1.807) is 0 Å². The molecule has 0 aliphatic carbocycles. The molecular weight excluding hydrogens is 186 g/mol. The zero-order valence-electron chi connectivity index (χ0n) is 5.96. The van der Waals surface area contributed by atoms with Gasteiger partial charge >= 0.3 is 0 Å². The van der Waals surface area contributed by atoms with Crippen molar-refractivity contribution in [2.75, 3.05) is 12.3 Å². The molecule has 0 aromatic carbocycles. The van der Waals surface area contributed by atoms with Crippen LogP contribution in [0.5, 0.6) is 0 Å². The third-order valence-electron chi connectivity index (χ3n) is 1.82. The van der Waals surface area contributed by atoms with Crippen LogP contribution in [0.2, 0.25) is 0 Å². The van der Waals surface area contributed by atoms with Gasteiger partial charge in [-0.3, -0.25) is 0 Å². The van der Waals surface area contributed by atoms with Gasteiger partial charge in [-0.2, -0.15) is 19.1 Å². The van der Waals surface area contributed by atoms with Crippen molar-refractivity contribution in [3.63, 3.8) is 0 Å². The summed E-state index contributed by atoms with van der Waals surface area (Å²) < 4.78 is 9.49. The molecule has 0 aromatic heterocycles. The van der Waals surface area contributed by atoms with Crippen LogP contribution >= 0.6 is 17.6 Å². The van der Waals surface area contributed by atoms with Gasteiger partial charge in [-0.15, -0.1) is 8.58 Å². The van der Waals surface area contributed by atoms with Crippen LogP contribution in [0.4, 0.5) is 0 Å². The Kier molecular flexibility index (Phi) is 2.73. The summed E-state index contributed by atoms with van der Waals surface area (Å²) in [5, 5.41) is 0. The lowest BCUT2D eigenvalue weighted by Gasteiger charge is -2.35. The maximum atomic E-state index is 5.08. The molecule has 2 heterocycles. The fourth-order valence-corrected chi connectivity index (χ4v) is 2.95. The minimum atomic E-state index is -0.573. The molecule has 0 radical (unpaired) electrons. The molecule has 1 spiro atoms. The Morgan fingerprint density at radius 2 is 1.64 bits per heavy atom. The first-order valence-electron chi connectivity index (χ1n) is 3.56. The molecule has 0 amide bonds. The van der Waals surface area contributed by atoms with E-state index in [0.29, 0.717) is 0 Å². The molecule has 11 heavy (non-hydrogen) atoms. The zero-order chi connectivity index (χ0) is 7.57. The Labute approximate surface area is 68.5 Å². The minimum absolute atomic E-state index is 0.142. The van der Waals surface area contributed by atoms with Crippen LogP contribution in [0, 0.1) is 0 Å². The van der Waals surface area contributed by atoms with Crippen molar-refractivity contribution in [2.24, 2.45) is 0 Å². The van der Waals surface area contributed by atoms with E-state index in [1.165, 1.54) is 0 Å². The van der Waals surface area contributed by atoms with Crippen LogP contribution < -0.4 is 0 Å². The Bertz CT molecular complexity index is 111. The SMILES string of the molecule is C1CC2(CCP1)OOPOO2. The summed E-state index contributed by atoms with van der Waals surface area (Å²) in [4.78, 5) is 10.2. The molecule has 0 saturated carbocycles. The zero-order valence-corrected chi connectivity index (χ0v) is 7.96. The van der Waals surface area contributed by atoms with Crippen molar-refractivity contribution >= 4 is 17.6 Å². The van der Waals surface area contributed by atoms with Gasteiger partial charge in [-0.25, -0.2) is 0 Å². The molecule has 4 nitrogen and oxygen atoms in total. The predicted octanol–water partition coefficient (Wildman–Crippen LogP) is 1.57. The maximum Gasteiger partial charge on any atom is 0.235 e. The molecule has 2 saturated heterocycles. The van der Waals surface area contributed by atoms with Gasteiger partial charge in [0.2, 0.25) is 14.8 Å². The summed E-state index contributed by atoms with van der Waals surface area (Å²) in [5.41, 5.74) is 0. The van der Waals surface area contributed by atoms with Crippen LogP contribution in [0.25, 0.3) is 0 Å². The van der Waals surface area contributed by atoms with E-state index >= 15 is 0 Å². The van der Waals surface area contributed by atoms with Crippen molar-refractivity contribution in [3.8, 4) is 0 Å². The van der Waals surface area contributed by atoms with Crippen LogP contribution in [-0.4, -0.2) is 18.1 Å². The second-order valence-corrected chi connectivity index (χ2v) is 4.58. The van der Waals surface area contributed by atoms with E-state index < -0.39 is 5.79 Å². The highest BCUT2D eigenvalue weighted by Gasteiger charge is 2.39. The molecular formula is C5H10O4P2. The Hall–Kier alpha value is 0.700. The second-order valence-electron chi connectivity index (χ2n) is 2.58. The molecule has 2 aliphatic heterocycles. The largest absolute Gasteiger partial charge is 0.235 e. The molecule has 0 unspecified atom stereocenters. The van der Waals surface area contributed by atoms with Crippen LogP contribution in [0.15, 0.2) is 0 Å². The first-order chi connectivity index (χ1) is 5.41. The summed E-state index contributed by atoms with van der Waals surface area (Å²) in [6.07, 6.45) is 4.07. The summed E-state index contributed by atoms with van der Waals surface area (Å²) in [7, 11) is 0.889. The Morgan fingerprint density at radius 1 is 1.00 bits per heavy atom. The lowest BCUT2D eigenvalue weighted by atomic mass is 10.1. The smallest absolute Gasteiger partial charge is 0.192 e. The fourth-order valence-electron chi connectivity index (χ4n) is 1.19. The van der Waals surface area contributed by atoms with E-state index in [0.717, 1.165) is 33.7 Å². The fraction of sp³-hybridized carbons (Fsp3) is 1.00. The van der Waals surface area contributed by atoms with Gasteiger partial charge in [-0.1, -0.05) is 0 Å². The molecule has 64 valence electrons. The molecule has 2 fully saturated rings. The van der Waals surface area contributed by atoms with Crippen LogP contribution in [0.1, 0.15) is 12.8 Å². The lowest BCUT2D eigenvalue weighted by Crippen LogP contribution is -2.40. The van der Waals surface area contributed by atoms with Gasteiger partial charge < -0.3 is 0 Å². The quantitative estimate of drug-likeness (QED) is 0.435. The highest BCUT2D eigenvalue weighted by atomic mass is 31.1. The van der Waals surface area contributed by atoms with Crippen molar-refractivity contribution in [1.29, 1.82) is 0 Å². The normalized spacial score (nSPS) is 43.6. The number of hydrogen-bond acceptors (Lipinski definition) is 4. The van der Waals surface area contributed by atoms with E-state index in [4.69, 9.17) is 19.1 Å². The van der Waals surface area contributed by atoms with E-state index in [2.05, 4.69) is 0 Å². The highest BCUT2D eigenvalue weighted by Crippen LogP contribution is 2.40. The molecule has 0 atom stereocenters. The topological polar surface area (TPSA) is 36.9 Å². The standard InChI is InChI=1S/C5H10O4P2/c1-3-10-4-2-5(1)6-8-11-9-7-5/h10-11H,1-4H2. The molecule has 0 bridgehead atoms. The predicted molar refractivity (Wildman–Crippen MR) is 42.7 cm³/mol. The highest BCUT2D eigenvalue weighted by molar-refractivity contribution is 7.38. The summed E-state index contributed by atoms with van der Waals surface area (Å²) in [5.74, 6) is -0.573. The molecule has 2 aliphatic rings.